The van der Waals surface area contributed by atoms with Crippen molar-refractivity contribution in [3.05, 3.63) is 18.7 Å². The standard InChI is InChI=1S/C38H75N2/c1-4-6-8-10-12-14-16-18-19-20-22-24-26-28-30-32-34-39-35-36-40(37-39)38(3)33-31-29-27-25-23-21-17-15-13-11-9-7-5-2/h35-38H,4-34H2,1-3H3/q+1. The van der Waals surface area contributed by atoms with Gasteiger partial charge in [-0.1, -0.05) is 181 Å². The zero-order valence-corrected chi connectivity index (χ0v) is 28.1. The van der Waals surface area contributed by atoms with Gasteiger partial charge in [0.25, 0.3) is 0 Å². The average Bonchev–Trinajstić information content (AvgIpc) is 3.44. The summed E-state index contributed by atoms with van der Waals surface area (Å²) < 4.78 is 4.87. The van der Waals surface area contributed by atoms with Gasteiger partial charge in [-0.2, -0.15) is 0 Å². The fourth-order valence-corrected chi connectivity index (χ4v) is 6.25. The molecule has 1 atom stereocenters. The Kier molecular flexibility index (Phi) is 27.6. The first-order chi connectivity index (χ1) is 19.8. The zero-order valence-electron chi connectivity index (χ0n) is 28.1. The molecule has 0 N–H and O–H groups in total. The molecule has 0 radical (unpaired) electrons. The number of unbranched alkanes of at least 4 members (excludes halogenated alkanes) is 27. The molecule has 0 spiro atoms. The van der Waals surface area contributed by atoms with Crippen LogP contribution < -0.4 is 4.57 Å². The van der Waals surface area contributed by atoms with Crippen LogP contribution in [0.5, 0.6) is 0 Å². The van der Waals surface area contributed by atoms with Crippen LogP contribution in [0.2, 0.25) is 0 Å². The van der Waals surface area contributed by atoms with Gasteiger partial charge in [0.05, 0.1) is 12.6 Å². The van der Waals surface area contributed by atoms with E-state index in [2.05, 4.69) is 48.6 Å². The normalized spacial score (nSPS) is 12.4. The van der Waals surface area contributed by atoms with Gasteiger partial charge in [-0.25, -0.2) is 9.13 Å². The molecule has 2 nitrogen and oxygen atoms in total. The van der Waals surface area contributed by atoms with Crippen LogP contribution in [0.4, 0.5) is 0 Å². The number of hydrogen-bond donors (Lipinski definition) is 0. The highest BCUT2D eigenvalue weighted by Gasteiger charge is 2.11. The fourth-order valence-electron chi connectivity index (χ4n) is 6.25. The third-order valence-electron chi connectivity index (χ3n) is 9.22. The highest BCUT2D eigenvalue weighted by atomic mass is 15.1. The molecule has 1 heterocycles. The topological polar surface area (TPSA) is 8.81 Å². The lowest BCUT2D eigenvalue weighted by atomic mass is 10.0. The van der Waals surface area contributed by atoms with Crippen LogP contribution in [0.1, 0.15) is 219 Å². The predicted molar refractivity (Wildman–Crippen MR) is 179 cm³/mol. The summed E-state index contributed by atoms with van der Waals surface area (Å²) in [6, 6.07) is 0.639. The van der Waals surface area contributed by atoms with Crippen molar-refractivity contribution in [2.24, 2.45) is 0 Å². The van der Waals surface area contributed by atoms with Crippen LogP contribution in [0.3, 0.4) is 0 Å². The predicted octanol–water partition coefficient (Wildman–Crippen LogP) is 13.1. The molecular weight excluding hydrogens is 484 g/mol. The van der Waals surface area contributed by atoms with Crippen molar-refractivity contribution in [2.45, 2.75) is 226 Å². The minimum Gasteiger partial charge on any atom is -0.237 e. The van der Waals surface area contributed by atoms with E-state index >= 15 is 0 Å². The number of nitrogens with zero attached hydrogens (tertiary/aromatic N) is 2. The molecular formula is C38H75N2+. The maximum Gasteiger partial charge on any atom is 0.243 e. The van der Waals surface area contributed by atoms with Crippen LogP contribution in [0.25, 0.3) is 0 Å². The van der Waals surface area contributed by atoms with E-state index in [1.807, 2.05) is 0 Å². The molecule has 1 rings (SSSR count). The Morgan fingerprint density at radius 1 is 0.450 bits per heavy atom. The van der Waals surface area contributed by atoms with E-state index in [9.17, 15) is 0 Å². The quantitative estimate of drug-likeness (QED) is 0.0613. The summed E-state index contributed by atoms with van der Waals surface area (Å²) in [5.74, 6) is 0. The Hall–Kier alpha value is -0.790. The van der Waals surface area contributed by atoms with Crippen molar-refractivity contribution in [3.8, 4) is 0 Å². The second-order valence-corrected chi connectivity index (χ2v) is 13.3. The maximum atomic E-state index is 2.45. The van der Waals surface area contributed by atoms with Gasteiger partial charge in [0, 0.05) is 0 Å². The molecule has 0 aliphatic carbocycles. The Balaban J connectivity index is 1.86. The number of aryl methyl sites for hydroxylation is 1. The summed E-state index contributed by atoms with van der Waals surface area (Å²) in [6.45, 7) is 8.20. The van der Waals surface area contributed by atoms with Gasteiger partial charge in [0.15, 0.2) is 0 Å². The van der Waals surface area contributed by atoms with Crippen molar-refractivity contribution in [2.75, 3.05) is 0 Å². The Bertz CT molecular complexity index is 606. The molecule has 0 aliphatic rings. The summed E-state index contributed by atoms with van der Waals surface area (Å²) in [7, 11) is 0. The van der Waals surface area contributed by atoms with Gasteiger partial charge >= 0.3 is 0 Å². The van der Waals surface area contributed by atoms with Gasteiger partial charge in [-0.3, -0.25) is 0 Å². The van der Waals surface area contributed by atoms with E-state index in [1.165, 1.54) is 199 Å². The molecule has 1 aromatic rings. The summed E-state index contributed by atoms with van der Waals surface area (Å²) >= 11 is 0. The minimum absolute atomic E-state index is 0.639. The van der Waals surface area contributed by atoms with E-state index in [4.69, 9.17) is 0 Å². The van der Waals surface area contributed by atoms with Crippen LogP contribution in [0.15, 0.2) is 18.7 Å². The van der Waals surface area contributed by atoms with Gasteiger partial charge in [0.2, 0.25) is 6.33 Å². The summed E-state index contributed by atoms with van der Waals surface area (Å²) in [4.78, 5) is 0. The number of rotatable bonds is 32. The van der Waals surface area contributed by atoms with Crippen LogP contribution in [-0.2, 0) is 6.54 Å². The second kappa shape index (κ2) is 29.7. The van der Waals surface area contributed by atoms with Crippen molar-refractivity contribution < 1.29 is 4.57 Å². The van der Waals surface area contributed by atoms with E-state index in [1.54, 1.807) is 0 Å². The smallest absolute Gasteiger partial charge is 0.237 e. The molecule has 0 aliphatic heterocycles. The molecule has 40 heavy (non-hydrogen) atoms. The minimum atomic E-state index is 0.639. The third kappa shape index (κ3) is 23.9. The van der Waals surface area contributed by atoms with Crippen LogP contribution in [0, 0.1) is 0 Å². The molecule has 0 bridgehead atoms. The molecule has 0 saturated carbocycles. The van der Waals surface area contributed by atoms with E-state index in [0.29, 0.717) is 6.04 Å². The van der Waals surface area contributed by atoms with Crippen LogP contribution in [-0.4, -0.2) is 4.57 Å². The van der Waals surface area contributed by atoms with Gasteiger partial charge in [0.1, 0.15) is 12.4 Å². The van der Waals surface area contributed by atoms with Gasteiger partial charge in [-0.05, 0) is 32.6 Å². The molecule has 2 heteroatoms. The van der Waals surface area contributed by atoms with Crippen molar-refractivity contribution in [1.82, 2.24) is 4.57 Å². The first-order valence-corrected chi connectivity index (χ1v) is 18.8. The van der Waals surface area contributed by atoms with Crippen molar-refractivity contribution in [3.63, 3.8) is 0 Å². The summed E-state index contributed by atoms with van der Waals surface area (Å²) in [5, 5.41) is 0. The second-order valence-electron chi connectivity index (χ2n) is 13.3. The van der Waals surface area contributed by atoms with Gasteiger partial charge < -0.3 is 0 Å². The maximum absolute atomic E-state index is 2.45. The summed E-state index contributed by atoms with van der Waals surface area (Å²) in [6.07, 6.45) is 50.1. The van der Waals surface area contributed by atoms with Crippen molar-refractivity contribution in [1.29, 1.82) is 0 Å². The summed E-state index contributed by atoms with van der Waals surface area (Å²) in [5.41, 5.74) is 0. The largest absolute Gasteiger partial charge is 0.243 e. The average molecular weight is 560 g/mol. The third-order valence-corrected chi connectivity index (χ3v) is 9.22. The highest BCUT2D eigenvalue weighted by molar-refractivity contribution is 4.72. The monoisotopic (exact) mass is 560 g/mol. The van der Waals surface area contributed by atoms with Gasteiger partial charge in [-0.15, -0.1) is 0 Å². The number of imidazole rings is 1. The van der Waals surface area contributed by atoms with Crippen molar-refractivity contribution >= 4 is 0 Å². The molecule has 0 amide bonds. The van der Waals surface area contributed by atoms with Crippen LogP contribution >= 0.6 is 0 Å². The van der Waals surface area contributed by atoms with E-state index in [0.717, 1.165) is 0 Å². The lowest BCUT2D eigenvalue weighted by molar-refractivity contribution is -0.697. The zero-order chi connectivity index (χ0) is 28.8. The lowest BCUT2D eigenvalue weighted by Gasteiger charge is -2.08. The molecule has 0 aromatic carbocycles. The van der Waals surface area contributed by atoms with E-state index in [-0.39, 0.29) is 0 Å². The molecule has 236 valence electrons. The fraction of sp³-hybridized carbons (Fsp3) is 0.921. The first kappa shape index (κ1) is 37.2. The SMILES string of the molecule is CCCCCCCCCCCCCCCCCC[n+]1ccn(C(C)CCCCCCCCCCCCCCC)c1. The first-order valence-electron chi connectivity index (χ1n) is 18.8. The molecule has 0 fully saturated rings. The highest BCUT2D eigenvalue weighted by Crippen LogP contribution is 2.17. The Morgan fingerprint density at radius 2 is 0.775 bits per heavy atom. The van der Waals surface area contributed by atoms with E-state index < -0.39 is 0 Å². The lowest BCUT2D eigenvalue weighted by Crippen LogP contribution is -2.31. The molecule has 1 unspecified atom stereocenters. The molecule has 0 saturated heterocycles. The Morgan fingerprint density at radius 3 is 1.15 bits per heavy atom. The molecule has 1 aromatic heterocycles. The number of aromatic nitrogens is 2. The Labute approximate surface area is 253 Å². The number of hydrogen-bond acceptors (Lipinski definition) is 0.